The molecule has 0 aliphatic rings. The van der Waals surface area contributed by atoms with E-state index in [0.29, 0.717) is 10.7 Å². The van der Waals surface area contributed by atoms with E-state index in [9.17, 15) is 14.4 Å². The Morgan fingerprint density at radius 2 is 1.92 bits per heavy atom. The van der Waals surface area contributed by atoms with Gasteiger partial charge in [0.1, 0.15) is 0 Å². The Hall–Kier alpha value is -2.16. The maximum absolute atomic E-state index is 11.9. The number of nitrogens with one attached hydrogen (secondary N) is 3. The molecular formula is C14H16Cl2N4O4. The first-order valence-electron chi connectivity index (χ1n) is 6.81. The first kappa shape index (κ1) is 19.9. The highest BCUT2D eigenvalue weighted by molar-refractivity contribution is 6.44. The molecule has 0 aliphatic heterocycles. The van der Waals surface area contributed by atoms with Crippen molar-refractivity contribution in [2.24, 2.45) is 5.10 Å². The number of halogens is 2. The minimum atomic E-state index is -0.999. The second-order valence-corrected chi connectivity index (χ2v) is 5.38. The van der Waals surface area contributed by atoms with Gasteiger partial charge in [-0.3, -0.25) is 14.4 Å². The van der Waals surface area contributed by atoms with Crippen LogP contribution >= 0.6 is 23.2 Å². The van der Waals surface area contributed by atoms with Gasteiger partial charge in [0, 0.05) is 12.3 Å². The van der Waals surface area contributed by atoms with Crippen LogP contribution in [0.1, 0.15) is 13.3 Å². The molecule has 1 aromatic carbocycles. The fourth-order valence-electron chi connectivity index (χ4n) is 1.51. The quantitative estimate of drug-likeness (QED) is 0.336. The first-order valence-corrected chi connectivity index (χ1v) is 7.56. The molecule has 4 N–H and O–H groups in total. The van der Waals surface area contributed by atoms with Crippen LogP contribution in [0.3, 0.4) is 0 Å². The summed E-state index contributed by atoms with van der Waals surface area (Å²) in [5, 5.41) is 17.4. The zero-order valence-corrected chi connectivity index (χ0v) is 14.2. The van der Waals surface area contributed by atoms with Gasteiger partial charge in [-0.1, -0.05) is 29.3 Å². The number of nitrogens with zero attached hydrogens (tertiary/aromatic N) is 1. The molecule has 1 aromatic rings. The van der Waals surface area contributed by atoms with Gasteiger partial charge in [-0.05, 0) is 19.1 Å². The van der Waals surface area contributed by atoms with E-state index >= 15 is 0 Å². The van der Waals surface area contributed by atoms with Crippen LogP contribution in [0.2, 0.25) is 10.0 Å². The maximum atomic E-state index is 11.9. The number of aliphatic hydroxyl groups is 1. The van der Waals surface area contributed by atoms with E-state index in [0.717, 1.165) is 0 Å². The summed E-state index contributed by atoms with van der Waals surface area (Å²) in [6, 6.07) is 4.81. The smallest absolute Gasteiger partial charge is 0.329 e. The van der Waals surface area contributed by atoms with E-state index in [-0.39, 0.29) is 30.3 Å². The lowest BCUT2D eigenvalue weighted by Gasteiger charge is -2.08. The molecule has 0 unspecified atom stereocenters. The van der Waals surface area contributed by atoms with Gasteiger partial charge < -0.3 is 15.7 Å². The molecule has 10 heteroatoms. The van der Waals surface area contributed by atoms with Crippen molar-refractivity contribution in [3.05, 3.63) is 28.2 Å². The highest BCUT2D eigenvalue weighted by Crippen LogP contribution is 2.29. The number of amides is 3. The average molecular weight is 375 g/mol. The molecule has 130 valence electrons. The number of hydrazone groups is 1. The van der Waals surface area contributed by atoms with Crippen LogP contribution in [-0.4, -0.2) is 41.7 Å². The van der Waals surface area contributed by atoms with E-state index in [1.54, 1.807) is 18.2 Å². The Morgan fingerprint density at radius 1 is 1.21 bits per heavy atom. The van der Waals surface area contributed by atoms with Crippen molar-refractivity contribution in [1.82, 2.24) is 10.7 Å². The minimum Gasteiger partial charge on any atom is -0.395 e. The zero-order chi connectivity index (χ0) is 18.1. The van der Waals surface area contributed by atoms with Crippen LogP contribution < -0.4 is 16.1 Å². The molecule has 8 nitrogen and oxygen atoms in total. The summed E-state index contributed by atoms with van der Waals surface area (Å²) in [6.45, 7) is 1.18. The number of carbonyl (C=O) groups excluding carboxylic acids is 3. The second-order valence-electron chi connectivity index (χ2n) is 4.59. The van der Waals surface area contributed by atoms with Crippen molar-refractivity contribution in [2.75, 3.05) is 18.5 Å². The number of hydrogen-bond donors (Lipinski definition) is 4. The summed E-state index contributed by atoms with van der Waals surface area (Å²) in [6.07, 6.45) is -0.124. The van der Waals surface area contributed by atoms with Crippen LogP contribution in [-0.2, 0) is 14.4 Å². The lowest BCUT2D eigenvalue weighted by molar-refractivity contribution is -0.139. The molecule has 0 radical (unpaired) electrons. The lowest BCUT2D eigenvalue weighted by atomic mass is 10.2. The largest absolute Gasteiger partial charge is 0.395 e. The number of rotatable bonds is 6. The maximum Gasteiger partial charge on any atom is 0.329 e. The Morgan fingerprint density at radius 3 is 2.58 bits per heavy atom. The van der Waals surface area contributed by atoms with E-state index < -0.39 is 17.7 Å². The van der Waals surface area contributed by atoms with Crippen molar-refractivity contribution in [3.8, 4) is 0 Å². The monoisotopic (exact) mass is 374 g/mol. The Labute approximate surface area is 148 Å². The molecule has 0 spiro atoms. The van der Waals surface area contributed by atoms with Gasteiger partial charge in [-0.15, -0.1) is 0 Å². The van der Waals surface area contributed by atoms with Crippen LogP contribution in [0.4, 0.5) is 5.69 Å². The number of anilines is 1. The number of carbonyl (C=O) groups is 3. The van der Waals surface area contributed by atoms with Crippen LogP contribution in [0.25, 0.3) is 0 Å². The molecule has 3 amide bonds. The summed E-state index contributed by atoms with van der Waals surface area (Å²) < 4.78 is 0. The minimum absolute atomic E-state index is 0.0439. The molecule has 0 aromatic heterocycles. The Bertz CT molecular complexity index is 664. The third-order valence-corrected chi connectivity index (χ3v) is 3.41. The second kappa shape index (κ2) is 9.86. The topological polar surface area (TPSA) is 120 Å². The Kier molecular flexibility index (Phi) is 8.17. The van der Waals surface area contributed by atoms with Crippen LogP contribution in [0.15, 0.2) is 23.3 Å². The predicted octanol–water partition coefficient (Wildman–Crippen LogP) is 0.923. The molecule has 0 bridgehead atoms. The lowest BCUT2D eigenvalue weighted by Crippen LogP contribution is -2.39. The van der Waals surface area contributed by atoms with E-state index in [2.05, 4.69) is 15.7 Å². The predicted molar refractivity (Wildman–Crippen MR) is 91.1 cm³/mol. The summed E-state index contributed by atoms with van der Waals surface area (Å²) in [4.78, 5) is 34.5. The average Bonchev–Trinajstić information content (AvgIpc) is 2.54. The third-order valence-electron chi connectivity index (χ3n) is 2.59. The Balaban J connectivity index is 2.53. The van der Waals surface area contributed by atoms with E-state index in [4.69, 9.17) is 28.3 Å². The fraction of sp³-hybridized carbons (Fsp3) is 0.286. The van der Waals surface area contributed by atoms with Gasteiger partial charge in [0.2, 0.25) is 5.91 Å². The molecule has 24 heavy (non-hydrogen) atoms. The SMILES string of the molecule is CC(CC(=O)Nc1cccc(Cl)c1Cl)=NNC(=O)C(=O)NCCO. The first-order chi connectivity index (χ1) is 11.3. The molecule has 0 aliphatic carbocycles. The van der Waals surface area contributed by atoms with Crippen molar-refractivity contribution in [3.63, 3.8) is 0 Å². The molecule has 0 saturated carbocycles. The van der Waals surface area contributed by atoms with Crippen LogP contribution in [0, 0.1) is 0 Å². The highest BCUT2D eigenvalue weighted by atomic mass is 35.5. The number of benzene rings is 1. The molecule has 0 fully saturated rings. The van der Waals surface area contributed by atoms with Gasteiger partial charge in [0.25, 0.3) is 0 Å². The van der Waals surface area contributed by atoms with E-state index in [1.807, 2.05) is 5.43 Å². The van der Waals surface area contributed by atoms with Gasteiger partial charge in [0.05, 0.1) is 28.8 Å². The zero-order valence-electron chi connectivity index (χ0n) is 12.7. The van der Waals surface area contributed by atoms with Crippen molar-refractivity contribution in [2.45, 2.75) is 13.3 Å². The van der Waals surface area contributed by atoms with Gasteiger partial charge >= 0.3 is 11.8 Å². The van der Waals surface area contributed by atoms with E-state index in [1.165, 1.54) is 6.92 Å². The molecule has 0 atom stereocenters. The summed E-state index contributed by atoms with van der Waals surface area (Å²) in [5.41, 5.74) is 2.64. The fourth-order valence-corrected chi connectivity index (χ4v) is 1.86. The summed E-state index contributed by atoms with van der Waals surface area (Å²) in [7, 11) is 0. The summed E-state index contributed by atoms with van der Waals surface area (Å²) >= 11 is 11.8. The number of aliphatic hydroxyl groups excluding tert-OH is 1. The van der Waals surface area contributed by atoms with Gasteiger partial charge in [0.15, 0.2) is 0 Å². The van der Waals surface area contributed by atoms with Gasteiger partial charge in [-0.25, -0.2) is 5.43 Å². The highest BCUT2D eigenvalue weighted by Gasteiger charge is 2.13. The third kappa shape index (κ3) is 6.53. The molecular weight excluding hydrogens is 359 g/mol. The van der Waals surface area contributed by atoms with Crippen molar-refractivity contribution >= 4 is 52.3 Å². The van der Waals surface area contributed by atoms with Crippen LogP contribution in [0.5, 0.6) is 0 Å². The summed E-state index contributed by atoms with van der Waals surface area (Å²) in [5.74, 6) is -2.35. The van der Waals surface area contributed by atoms with Gasteiger partial charge in [-0.2, -0.15) is 5.10 Å². The standard InChI is InChI=1S/C14H16Cl2N4O4/c1-8(19-20-14(24)13(23)17-5-6-21)7-11(22)18-10-4-2-3-9(15)12(10)16/h2-4,21H,5-7H2,1H3,(H,17,23)(H,18,22)(H,20,24). The normalized spacial score (nSPS) is 10.9. The number of hydrogen-bond acceptors (Lipinski definition) is 5. The van der Waals surface area contributed by atoms with Crippen molar-refractivity contribution in [1.29, 1.82) is 0 Å². The molecule has 1 rings (SSSR count). The molecule has 0 saturated heterocycles. The molecule has 0 heterocycles. The van der Waals surface area contributed by atoms with Crippen molar-refractivity contribution < 1.29 is 19.5 Å².